The van der Waals surface area contributed by atoms with Crippen molar-refractivity contribution < 1.29 is 32.2 Å². The molecule has 0 saturated carbocycles. The number of benzene rings is 2. The minimum Gasteiger partial charge on any atom is -0.484 e. The zero-order valence-electron chi connectivity index (χ0n) is 18.2. The van der Waals surface area contributed by atoms with E-state index in [-0.39, 0.29) is 34.6 Å². The van der Waals surface area contributed by atoms with Gasteiger partial charge in [-0.25, -0.2) is 9.97 Å². The molecule has 4 aromatic rings. The molecule has 0 spiro atoms. The number of aromatic nitrogens is 3. The number of nitrogens with one attached hydrogen (secondary N) is 1. The Morgan fingerprint density at radius 1 is 0.914 bits per heavy atom. The number of carbonyl (C=O) groups is 2. The minimum absolute atomic E-state index is 0.00116. The zero-order valence-corrected chi connectivity index (χ0v) is 18.2. The summed E-state index contributed by atoms with van der Waals surface area (Å²) >= 11 is 0. The molecular formula is C24H17F3N4O4. The summed E-state index contributed by atoms with van der Waals surface area (Å²) in [6.45, 7) is -0.0419. The average molecular weight is 482 g/mol. The summed E-state index contributed by atoms with van der Waals surface area (Å²) in [6.07, 6.45) is -3.12. The van der Waals surface area contributed by atoms with Crippen LogP contribution < -0.4 is 14.8 Å². The number of pyridine rings is 1. The summed E-state index contributed by atoms with van der Waals surface area (Å²) in [6, 6.07) is 15.2. The number of halogens is 3. The lowest BCUT2D eigenvalue weighted by Crippen LogP contribution is -2.19. The number of anilines is 1. The molecule has 0 unspecified atom stereocenters. The number of rotatable bonds is 7. The van der Waals surface area contributed by atoms with Gasteiger partial charge in [0.1, 0.15) is 17.2 Å². The highest BCUT2D eigenvalue weighted by Crippen LogP contribution is 2.28. The van der Waals surface area contributed by atoms with Crippen LogP contribution in [0.25, 0.3) is 11.0 Å². The fourth-order valence-electron chi connectivity index (χ4n) is 2.95. The molecule has 35 heavy (non-hydrogen) atoms. The van der Waals surface area contributed by atoms with E-state index >= 15 is 0 Å². The van der Waals surface area contributed by atoms with Gasteiger partial charge in [-0.15, -0.1) is 0 Å². The van der Waals surface area contributed by atoms with E-state index in [1.165, 1.54) is 49.5 Å². The molecule has 0 aliphatic carbocycles. The molecule has 1 N–H and O–H groups in total. The molecule has 178 valence electrons. The van der Waals surface area contributed by atoms with Crippen molar-refractivity contribution in [3.63, 3.8) is 0 Å². The normalized spacial score (nSPS) is 11.2. The van der Waals surface area contributed by atoms with E-state index < -0.39 is 18.7 Å². The number of ketones is 1. The molecule has 0 saturated heterocycles. The third-order valence-corrected chi connectivity index (χ3v) is 4.58. The molecule has 2 aromatic heterocycles. The quantitative estimate of drug-likeness (QED) is 0.361. The molecule has 2 aromatic carbocycles. The number of fused-ring (bicyclic) bond motifs is 1. The lowest BCUT2D eigenvalue weighted by atomic mass is 10.2. The van der Waals surface area contributed by atoms with Crippen LogP contribution in [0.5, 0.6) is 17.4 Å². The Hall–Kier alpha value is -4.54. The number of nitrogens with zero attached hydrogens (tertiary/aromatic N) is 3. The summed E-state index contributed by atoms with van der Waals surface area (Å²) in [5, 5.41) is 2.63. The Kier molecular flexibility index (Phi) is 6.58. The van der Waals surface area contributed by atoms with Crippen LogP contribution in [-0.2, 0) is 0 Å². The van der Waals surface area contributed by atoms with Crippen LogP contribution in [0, 0.1) is 0 Å². The van der Waals surface area contributed by atoms with Gasteiger partial charge >= 0.3 is 6.18 Å². The van der Waals surface area contributed by atoms with Gasteiger partial charge in [0.05, 0.1) is 22.9 Å². The van der Waals surface area contributed by atoms with Gasteiger partial charge in [-0.1, -0.05) is 12.1 Å². The van der Waals surface area contributed by atoms with Crippen LogP contribution in [0.3, 0.4) is 0 Å². The summed E-state index contributed by atoms with van der Waals surface area (Å²) < 4.78 is 47.5. The number of carbonyl (C=O) groups excluding carboxylic acids is 2. The first-order valence-electron chi connectivity index (χ1n) is 10.2. The second kappa shape index (κ2) is 9.75. The van der Waals surface area contributed by atoms with E-state index in [9.17, 15) is 22.8 Å². The smallest absolute Gasteiger partial charge is 0.422 e. The fourth-order valence-corrected chi connectivity index (χ4v) is 2.95. The van der Waals surface area contributed by atoms with E-state index in [2.05, 4.69) is 25.0 Å². The van der Waals surface area contributed by atoms with Crippen LogP contribution in [0.15, 0.2) is 66.9 Å². The van der Waals surface area contributed by atoms with Gasteiger partial charge in [-0.2, -0.15) is 13.2 Å². The number of hydrogen-bond acceptors (Lipinski definition) is 7. The molecule has 11 heteroatoms. The van der Waals surface area contributed by atoms with Gasteiger partial charge in [0, 0.05) is 6.92 Å². The molecule has 1 amide bonds. The van der Waals surface area contributed by atoms with Gasteiger partial charge in [-0.3, -0.25) is 14.6 Å². The maximum absolute atomic E-state index is 13.0. The van der Waals surface area contributed by atoms with Crippen molar-refractivity contribution in [2.24, 2.45) is 0 Å². The van der Waals surface area contributed by atoms with E-state index in [4.69, 9.17) is 4.74 Å². The Morgan fingerprint density at radius 2 is 1.57 bits per heavy atom. The first kappa shape index (κ1) is 23.6. The van der Waals surface area contributed by atoms with E-state index in [1.54, 1.807) is 24.3 Å². The lowest BCUT2D eigenvalue weighted by Gasteiger charge is -2.12. The predicted molar refractivity (Wildman–Crippen MR) is 120 cm³/mol. The summed E-state index contributed by atoms with van der Waals surface area (Å²) in [5.74, 6) is -0.762. The highest BCUT2D eigenvalue weighted by atomic mass is 19.4. The molecule has 0 atom stereocenters. The molecule has 0 fully saturated rings. The van der Waals surface area contributed by atoms with Gasteiger partial charge in [-0.05, 0) is 48.5 Å². The minimum atomic E-state index is -4.46. The first-order valence-corrected chi connectivity index (χ1v) is 10.2. The Balaban J connectivity index is 1.59. The Labute approximate surface area is 196 Å². The average Bonchev–Trinajstić information content (AvgIpc) is 2.83. The predicted octanol–water partition coefficient (Wildman–Crippen LogP) is 5.21. The van der Waals surface area contributed by atoms with E-state index in [0.29, 0.717) is 16.7 Å². The lowest BCUT2D eigenvalue weighted by molar-refractivity contribution is -0.153. The number of para-hydroxylation sites is 2. The number of hydrogen-bond donors (Lipinski definition) is 1. The maximum Gasteiger partial charge on any atom is 0.422 e. The molecular weight excluding hydrogens is 465 g/mol. The van der Waals surface area contributed by atoms with Crippen LogP contribution in [0.2, 0.25) is 0 Å². The van der Waals surface area contributed by atoms with E-state index in [1.807, 2.05) is 0 Å². The highest BCUT2D eigenvalue weighted by Gasteiger charge is 2.28. The Morgan fingerprint density at radius 3 is 2.17 bits per heavy atom. The Bertz CT molecular complexity index is 1370. The van der Waals surface area contributed by atoms with Crippen molar-refractivity contribution in [2.75, 3.05) is 11.9 Å². The van der Waals surface area contributed by atoms with Crippen LogP contribution in [-0.4, -0.2) is 39.4 Å². The SMILES string of the molecule is CC(=O)c1ccc(NC(=O)c2nc3ccccc3nc2Oc2ccc(OCC(F)(F)F)cc2)cn1. The van der Waals surface area contributed by atoms with Gasteiger partial charge in [0.25, 0.3) is 11.8 Å². The van der Waals surface area contributed by atoms with Gasteiger partial charge in [0.2, 0.25) is 0 Å². The van der Waals surface area contributed by atoms with Crippen molar-refractivity contribution in [1.82, 2.24) is 15.0 Å². The molecule has 0 radical (unpaired) electrons. The molecule has 0 aliphatic rings. The van der Waals surface area contributed by atoms with Crippen molar-refractivity contribution in [1.29, 1.82) is 0 Å². The molecule has 4 rings (SSSR count). The van der Waals surface area contributed by atoms with E-state index in [0.717, 1.165) is 0 Å². The van der Waals surface area contributed by atoms with Crippen molar-refractivity contribution in [3.05, 3.63) is 78.2 Å². The number of ether oxygens (including phenoxy) is 2. The number of Topliss-reactive ketones (excluding diaryl/α,β-unsaturated/α-hetero) is 1. The van der Waals surface area contributed by atoms with Gasteiger partial charge in [0.15, 0.2) is 18.1 Å². The van der Waals surface area contributed by atoms with Crippen LogP contribution >= 0.6 is 0 Å². The first-order chi connectivity index (χ1) is 16.7. The number of alkyl halides is 3. The summed E-state index contributed by atoms with van der Waals surface area (Å²) in [4.78, 5) is 37.1. The molecule has 2 heterocycles. The fraction of sp³-hybridized carbons (Fsp3) is 0.125. The van der Waals surface area contributed by atoms with Crippen molar-refractivity contribution >= 4 is 28.4 Å². The third kappa shape index (κ3) is 6.08. The number of amides is 1. The molecule has 8 nitrogen and oxygen atoms in total. The topological polar surface area (TPSA) is 103 Å². The third-order valence-electron chi connectivity index (χ3n) is 4.58. The monoisotopic (exact) mass is 482 g/mol. The summed E-state index contributed by atoms with van der Waals surface area (Å²) in [5.41, 5.74) is 1.37. The van der Waals surface area contributed by atoms with Crippen molar-refractivity contribution in [2.45, 2.75) is 13.1 Å². The van der Waals surface area contributed by atoms with Crippen LogP contribution in [0.1, 0.15) is 27.9 Å². The molecule has 0 aliphatic heterocycles. The highest BCUT2D eigenvalue weighted by molar-refractivity contribution is 6.05. The van der Waals surface area contributed by atoms with Crippen molar-refractivity contribution in [3.8, 4) is 17.4 Å². The standard InChI is InChI=1S/C24H17F3N4O4/c1-14(32)18-11-6-15(12-28-18)29-22(33)21-23(31-20-5-3-2-4-19(20)30-21)35-17-9-7-16(8-10-17)34-13-24(25,26)27/h2-12H,13H2,1H3,(H,29,33). The maximum atomic E-state index is 13.0. The van der Waals surface area contributed by atoms with Crippen LogP contribution in [0.4, 0.5) is 18.9 Å². The second-order valence-corrected chi connectivity index (χ2v) is 7.29. The van der Waals surface area contributed by atoms with Gasteiger partial charge < -0.3 is 14.8 Å². The summed E-state index contributed by atoms with van der Waals surface area (Å²) in [7, 11) is 0. The second-order valence-electron chi connectivity index (χ2n) is 7.29. The largest absolute Gasteiger partial charge is 0.484 e. The molecule has 0 bridgehead atoms. The zero-order chi connectivity index (χ0) is 25.0.